The number of nitrogens with two attached hydrogens (primary N) is 1. The lowest BCUT2D eigenvalue weighted by Crippen LogP contribution is -2.23. The molecule has 1 heterocycles. The van der Waals surface area contributed by atoms with Crippen LogP contribution < -0.4 is 5.73 Å². The molecule has 0 fully saturated rings. The molecule has 2 atom stereocenters. The number of aromatic nitrogens is 2. The van der Waals surface area contributed by atoms with Crippen LogP contribution in [-0.2, 0) is 6.42 Å². The summed E-state index contributed by atoms with van der Waals surface area (Å²) in [5.74, 6) is 0.976. The van der Waals surface area contributed by atoms with Crippen LogP contribution in [0, 0.1) is 0 Å². The van der Waals surface area contributed by atoms with Gasteiger partial charge in [-0.05, 0) is 13.3 Å². The molecule has 1 aromatic rings. The van der Waals surface area contributed by atoms with Gasteiger partial charge in [0.15, 0.2) is 5.82 Å². The molecule has 3 N–H and O–H groups in total. The third-order valence-corrected chi connectivity index (χ3v) is 2.04. The molecule has 80 valence electrons. The molecule has 0 bridgehead atoms. The topological polar surface area (TPSA) is 85.2 Å². The second-order valence-corrected chi connectivity index (χ2v) is 3.42. The summed E-state index contributed by atoms with van der Waals surface area (Å²) >= 11 is 0. The molecule has 0 aliphatic carbocycles. The van der Waals surface area contributed by atoms with Crippen LogP contribution in [0.5, 0.6) is 0 Å². The summed E-state index contributed by atoms with van der Waals surface area (Å²) in [5, 5.41) is 13.0. The molecule has 5 nitrogen and oxygen atoms in total. The lowest BCUT2D eigenvalue weighted by Gasteiger charge is -2.08. The Bertz CT molecular complexity index is 273. The highest BCUT2D eigenvalue weighted by molar-refractivity contribution is 4.93. The van der Waals surface area contributed by atoms with E-state index in [1.807, 2.05) is 0 Å². The van der Waals surface area contributed by atoms with E-state index in [0.717, 1.165) is 19.3 Å². The standard InChI is InChI=1S/C9H17N3O2/c1-3-4-5-7-11-9(14-12-7)8(10)6(2)13/h6,8,13H,3-5,10H2,1-2H3. The average molecular weight is 199 g/mol. The molecular formula is C9H17N3O2. The van der Waals surface area contributed by atoms with Gasteiger partial charge in [0.25, 0.3) is 0 Å². The van der Waals surface area contributed by atoms with Crippen molar-refractivity contribution in [2.45, 2.75) is 45.3 Å². The number of aryl methyl sites for hydroxylation is 1. The number of unbranched alkanes of at least 4 members (excludes halogenated alkanes) is 1. The summed E-state index contributed by atoms with van der Waals surface area (Å²) in [6.07, 6.45) is 2.25. The molecule has 0 radical (unpaired) electrons. The van der Waals surface area contributed by atoms with E-state index in [4.69, 9.17) is 10.3 Å². The monoisotopic (exact) mass is 199 g/mol. The van der Waals surface area contributed by atoms with Gasteiger partial charge in [0.2, 0.25) is 5.89 Å². The second-order valence-electron chi connectivity index (χ2n) is 3.42. The van der Waals surface area contributed by atoms with Crippen molar-refractivity contribution in [3.8, 4) is 0 Å². The lowest BCUT2D eigenvalue weighted by molar-refractivity contribution is 0.146. The molecule has 0 aliphatic rings. The van der Waals surface area contributed by atoms with Gasteiger partial charge in [-0.3, -0.25) is 0 Å². The molecular weight excluding hydrogens is 182 g/mol. The third kappa shape index (κ3) is 2.78. The highest BCUT2D eigenvalue weighted by atomic mass is 16.5. The predicted molar refractivity (Wildman–Crippen MR) is 51.5 cm³/mol. The van der Waals surface area contributed by atoms with Crippen LogP contribution in [0.25, 0.3) is 0 Å². The van der Waals surface area contributed by atoms with Gasteiger partial charge in [0, 0.05) is 6.42 Å². The Hall–Kier alpha value is -0.940. The molecule has 2 unspecified atom stereocenters. The van der Waals surface area contributed by atoms with Crippen molar-refractivity contribution in [3.05, 3.63) is 11.7 Å². The van der Waals surface area contributed by atoms with E-state index in [2.05, 4.69) is 17.1 Å². The normalized spacial score (nSPS) is 15.4. The van der Waals surface area contributed by atoms with Gasteiger partial charge in [-0.2, -0.15) is 4.98 Å². The molecule has 1 aromatic heterocycles. The van der Waals surface area contributed by atoms with E-state index in [1.54, 1.807) is 6.92 Å². The number of hydrogen-bond acceptors (Lipinski definition) is 5. The fourth-order valence-corrected chi connectivity index (χ4v) is 1.05. The molecule has 0 aromatic carbocycles. The molecule has 5 heteroatoms. The Morgan fingerprint density at radius 2 is 2.29 bits per heavy atom. The SMILES string of the molecule is CCCCc1noc(C(N)C(C)O)n1. The van der Waals surface area contributed by atoms with Crippen molar-refractivity contribution in [3.63, 3.8) is 0 Å². The van der Waals surface area contributed by atoms with E-state index >= 15 is 0 Å². The van der Waals surface area contributed by atoms with Crippen LogP contribution in [0.3, 0.4) is 0 Å². The van der Waals surface area contributed by atoms with Gasteiger partial charge < -0.3 is 15.4 Å². The molecule has 0 amide bonds. The molecule has 0 aliphatic heterocycles. The summed E-state index contributed by atoms with van der Waals surface area (Å²) in [4.78, 5) is 4.11. The summed E-state index contributed by atoms with van der Waals surface area (Å²) in [6, 6.07) is -0.585. The second kappa shape index (κ2) is 5.07. The minimum absolute atomic E-state index is 0.311. The number of nitrogens with zero attached hydrogens (tertiary/aromatic N) is 2. The van der Waals surface area contributed by atoms with Crippen molar-refractivity contribution in [1.29, 1.82) is 0 Å². The zero-order valence-electron chi connectivity index (χ0n) is 8.60. The van der Waals surface area contributed by atoms with Crippen LogP contribution in [0.15, 0.2) is 4.52 Å². The summed E-state index contributed by atoms with van der Waals surface area (Å²) in [7, 11) is 0. The fraction of sp³-hybridized carbons (Fsp3) is 0.778. The largest absolute Gasteiger partial charge is 0.391 e. The number of rotatable bonds is 5. The Morgan fingerprint density at radius 1 is 1.57 bits per heavy atom. The highest BCUT2D eigenvalue weighted by Crippen LogP contribution is 2.12. The maximum absolute atomic E-state index is 9.21. The minimum Gasteiger partial charge on any atom is -0.391 e. The number of aliphatic hydroxyl groups excluding tert-OH is 1. The van der Waals surface area contributed by atoms with Crippen LogP contribution in [-0.4, -0.2) is 21.4 Å². The van der Waals surface area contributed by atoms with E-state index in [0.29, 0.717) is 11.7 Å². The predicted octanol–water partition coefficient (Wildman–Crippen LogP) is 0.793. The van der Waals surface area contributed by atoms with Gasteiger partial charge in [-0.15, -0.1) is 0 Å². The quantitative estimate of drug-likeness (QED) is 0.732. The summed E-state index contributed by atoms with van der Waals surface area (Å²) < 4.78 is 4.94. The van der Waals surface area contributed by atoms with E-state index < -0.39 is 12.1 Å². The van der Waals surface area contributed by atoms with Crippen LogP contribution in [0.2, 0.25) is 0 Å². The minimum atomic E-state index is -0.672. The molecule has 0 saturated heterocycles. The van der Waals surface area contributed by atoms with Gasteiger partial charge in [-0.25, -0.2) is 0 Å². The third-order valence-electron chi connectivity index (χ3n) is 2.04. The van der Waals surface area contributed by atoms with Gasteiger partial charge in [0.05, 0.1) is 6.10 Å². The first-order valence-corrected chi connectivity index (χ1v) is 4.91. The van der Waals surface area contributed by atoms with Gasteiger partial charge in [-0.1, -0.05) is 18.5 Å². The molecule has 0 saturated carbocycles. The van der Waals surface area contributed by atoms with Crippen molar-refractivity contribution in [1.82, 2.24) is 10.1 Å². The maximum atomic E-state index is 9.21. The first kappa shape index (κ1) is 11.1. The van der Waals surface area contributed by atoms with E-state index in [9.17, 15) is 5.11 Å². The van der Waals surface area contributed by atoms with Crippen molar-refractivity contribution in [2.24, 2.45) is 5.73 Å². The Kier molecular flexibility index (Phi) is 4.03. The van der Waals surface area contributed by atoms with Crippen molar-refractivity contribution >= 4 is 0 Å². The van der Waals surface area contributed by atoms with Crippen LogP contribution in [0.1, 0.15) is 44.4 Å². The molecule has 14 heavy (non-hydrogen) atoms. The summed E-state index contributed by atoms with van der Waals surface area (Å²) in [6.45, 7) is 3.70. The molecule has 0 spiro atoms. The smallest absolute Gasteiger partial charge is 0.246 e. The lowest BCUT2D eigenvalue weighted by atomic mass is 10.2. The van der Waals surface area contributed by atoms with Crippen LogP contribution >= 0.6 is 0 Å². The van der Waals surface area contributed by atoms with Crippen LogP contribution in [0.4, 0.5) is 0 Å². The maximum Gasteiger partial charge on any atom is 0.246 e. The molecule has 1 rings (SSSR count). The zero-order chi connectivity index (χ0) is 10.6. The number of hydrogen-bond donors (Lipinski definition) is 2. The van der Waals surface area contributed by atoms with E-state index in [1.165, 1.54) is 0 Å². The van der Waals surface area contributed by atoms with Gasteiger partial charge in [0.1, 0.15) is 6.04 Å². The summed E-state index contributed by atoms with van der Waals surface area (Å²) in [5.41, 5.74) is 5.63. The Labute approximate surface area is 83.3 Å². The number of aliphatic hydroxyl groups is 1. The Morgan fingerprint density at radius 3 is 2.86 bits per heavy atom. The van der Waals surface area contributed by atoms with Crippen molar-refractivity contribution in [2.75, 3.05) is 0 Å². The van der Waals surface area contributed by atoms with Crippen molar-refractivity contribution < 1.29 is 9.63 Å². The first-order chi connectivity index (χ1) is 6.65. The first-order valence-electron chi connectivity index (χ1n) is 4.91. The fourth-order valence-electron chi connectivity index (χ4n) is 1.05. The van der Waals surface area contributed by atoms with Gasteiger partial charge >= 0.3 is 0 Å². The average Bonchev–Trinajstić information content (AvgIpc) is 2.61. The van der Waals surface area contributed by atoms with E-state index in [-0.39, 0.29) is 0 Å². The zero-order valence-corrected chi connectivity index (χ0v) is 8.60. The highest BCUT2D eigenvalue weighted by Gasteiger charge is 2.18. The Balaban J connectivity index is 2.58.